The number of benzene rings is 2. The lowest BCUT2D eigenvalue weighted by molar-refractivity contribution is -0.0327. The van der Waals surface area contributed by atoms with Gasteiger partial charge in [0.2, 0.25) is 0 Å². The van der Waals surface area contributed by atoms with Crippen LogP contribution in [-0.2, 0) is 6.42 Å². The van der Waals surface area contributed by atoms with E-state index in [0.29, 0.717) is 5.92 Å². The Labute approximate surface area is 114 Å². The highest BCUT2D eigenvalue weighted by Gasteiger charge is 2.36. The Hall–Kier alpha value is -1.38. The monoisotopic (exact) mass is 255 g/mol. The van der Waals surface area contributed by atoms with Gasteiger partial charge < -0.3 is 10.4 Å². The number of fused-ring (bicyclic) bond motifs is 1. The molecule has 1 heterocycles. The van der Waals surface area contributed by atoms with E-state index in [1.165, 1.54) is 16.3 Å². The van der Waals surface area contributed by atoms with E-state index in [1.54, 1.807) is 0 Å². The van der Waals surface area contributed by atoms with Crippen molar-refractivity contribution in [3.05, 3.63) is 48.0 Å². The van der Waals surface area contributed by atoms with Crippen molar-refractivity contribution < 1.29 is 5.11 Å². The van der Waals surface area contributed by atoms with E-state index in [1.807, 2.05) is 0 Å². The van der Waals surface area contributed by atoms with Crippen molar-refractivity contribution in [1.29, 1.82) is 0 Å². The van der Waals surface area contributed by atoms with Crippen molar-refractivity contribution >= 4 is 10.8 Å². The largest absolute Gasteiger partial charge is 0.389 e. The van der Waals surface area contributed by atoms with Crippen molar-refractivity contribution in [2.75, 3.05) is 13.1 Å². The predicted molar refractivity (Wildman–Crippen MR) is 79.3 cm³/mol. The van der Waals surface area contributed by atoms with Crippen LogP contribution in [0.25, 0.3) is 10.8 Å². The van der Waals surface area contributed by atoms with Crippen LogP contribution in [0.3, 0.4) is 0 Å². The summed E-state index contributed by atoms with van der Waals surface area (Å²) in [4.78, 5) is 0. The number of aliphatic hydroxyl groups is 1. The van der Waals surface area contributed by atoms with Crippen LogP contribution in [0.2, 0.25) is 0 Å². The molecule has 0 saturated carbocycles. The molecule has 19 heavy (non-hydrogen) atoms. The first-order valence-corrected chi connectivity index (χ1v) is 7.09. The summed E-state index contributed by atoms with van der Waals surface area (Å²) in [6.07, 6.45) is 1.58. The molecule has 2 atom stereocenters. The van der Waals surface area contributed by atoms with Gasteiger partial charge in [0.1, 0.15) is 0 Å². The molecule has 0 amide bonds. The third-order valence-corrected chi connectivity index (χ3v) is 4.48. The standard InChI is InChI=1S/C17H21NO/c1-13-12-18-10-9-17(13,19)11-15-7-4-6-14-5-2-3-8-16(14)15/h2-8,13,18-19H,9-12H2,1H3. The van der Waals surface area contributed by atoms with Gasteiger partial charge in [-0.15, -0.1) is 0 Å². The molecular formula is C17H21NO. The number of hydrogen-bond donors (Lipinski definition) is 2. The summed E-state index contributed by atoms with van der Waals surface area (Å²) in [5, 5.41) is 16.8. The van der Waals surface area contributed by atoms with Crippen molar-refractivity contribution in [3.8, 4) is 0 Å². The van der Waals surface area contributed by atoms with Gasteiger partial charge in [0.15, 0.2) is 0 Å². The van der Waals surface area contributed by atoms with Crippen molar-refractivity contribution in [2.45, 2.75) is 25.4 Å². The Morgan fingerprint density at radius 3 is 2.84 bits per heavy atom. The summed E-state index contributed by atoms with van der Waals surface area (Å²) in [7, 11) is 0. The fraction of sp³-hybridized carbons (Fsp3) is 0.412. The lowest BCUT2D eigenvalue weighted by atomic mass is 9.78. The van der Waals surface area contributed by atoms with Gasteiger partial charge in [-0.25, -0.2) is 0 Å². The maximum atomic E-state index is 10.9. The third-order valence-electron chi connectivity index (χ3n) is 4.48. The van der Waals surface area contributed by atoms with Gasteiger partial charge in [-0.05, 0) is 35.2 Å². The van der Waals surface area contributed by atoms with E-state index in [2.05, 4.69) is 54.7 Å². The molecule has 2 nitrogen and oxygen atoms in total. The third kappa shape index (κ3) is 2.38. The zero-order valence-electron chi connectivity index (χ0n) is 11.4. The molecule has 2 heteroatoms. The van der Waals surface area contributed by atoms with Gasteiger partial charge in [-0.1, -0.05) is 49.4 Å². The molecule has 1 fully saturated rings. The second kappa shape index (κ2) is 4.95. The van der Waals surface area contributed by atoms with Crippen molar-refractivity contribution in [3.63, 3.8) is 0 Å². The molecular weight excluding hydrogens is 234 g/mol. The smallest absolute Gasteiger partial charge is 0.0737 e. The average molecular weight is 255 g/mol. The Morgan fingerprint density at radius 1 is 1.21 bits per heavy atom. The first kappa shape index (κ1) is 12.6. The highest BCUT2D eigenvalue weighted by Crippen LogP contribution is 2.31. The number of piperidine rings is 1. The molecule has 0 spiro atoms. The number of hydrogen-bond acceptors (Lipinski definition) is 2. The summed E-state index contributed by atoms with van der Waals surface area (Å²) in [5.74, 6) is 0.292. The number of rotatable bonds is 2. The first-order chi connectivity index (χ1) is 9.19. The minimum atomic E-state index is -0.574. The van der Waals surface area contributed by atoms with E-state index >= 15 is 0 Å². The van der Waals surface area contributed by atoms with Crippen LogP contribution in [-0.4, -0.2) is 23.8 Å². The van der Waals surface area contributed by atoms with Crippen molar-refractivity contribution in [1.82, 2.24) is 5.32 Å². The summed E-state index contributed by atoms with van der Waals surface area (Å²) in [5.41, 5.74) is 0.685. The maximum Gasteiger partial charge on any atom is 0.0737 e. The molecule has 100 valence electrons. The van der Waals surface area contributed by atoms with Crippen molar-refractivity contribution in [2.24, 2.45) is 5.92 Å². The fourth-order valence-electron chi connectivity index (χ4n) is 3.10. The minimum absolute atomic E-state index is 0.292. The molecule has 1 aliphatic rings. The van der Waals surface area contributed by atoms with E-state index in [4.69, 9.17) is 0 Å². The van der Waals surface area contributed by atoms with E-state index in [-0.39, 0.29) is 0 Å². The van der Waals surface area contributed by atoms with E-state index in [9.17, 15) is 5.11 Å². The second-order valence-electron chi connectivity index (χ2n) is 5.77. The molecule has 1 saturated heterocycles. The van der Waals surface area contributed by atoms with Crippen LogP contribution in [0.5, 0.6) is 0 Å². The van der Waals surface area contributed by atoms with E-state index < -0.39 is 5.60 Å². The number of nitrogens with one attached hydrogen (secondary N) is 1. The normalized spacial score (nSPS) is 27.6. The van der Waals surface area contributed by atoms with Crippen LogP contribution in [0.4, 0.5) is 0 Å². The molecule has 0 aromatic heterocycles. The summed E-state index contributed by atoms with van der Waals surface area (Å²) in [6, 6.07) is 14.8. The zero-order valence-corrected chi connectivity index (χ0v) is 11.4. The molecule has 0 bridgehead atoms. The second-order valence-corrected chi connectivity index (χ2v) is 5.77. The highest BCUT2D eigenvalue weighted by molar-refractivity contribution is 5.85. The summed E-state index contributed by atoms with van der Waals surface area (Å²) < 4.78 is 0. The van der Waals surface area contributed by atoms with Crippen LogP contribution in [0.15, 0.2) is 42.5 Å². The Bertz CT molecular complexity index is 575. The quantitative estimate of drug-likeness (QED) is 0.865. The highest BCUT2D eigenvalue weighted by atomic mass is 16.3. The lowest BCUT2D eigenvalue weighted by Crippen LogP contribution is -2.50. The van der Waals surface area contributed by atoms with Crippen LogP contribution in [0.1, 0.15) is 18.9 Å². The van der Waals surface area contributed by atoms with Gasteiger partial charge >= 0.3 is 0 Å². The molecule has 2 aromatic carbocycles. The lowest BCUT2D eigenvalue weighted by Gasteiger charge is -2.39. The Kier molecular flexibility index (Phi) is 3.29. The molecule has 0 aliphatic carbocycles. The topological polar surface area (TPSA) is 32.3 Å². The van der Waals surface area contributed by atoms with Crippen LogP contribution >= 0.6 is 0 Å². The van der Waals surface area contributed by atoms with Crippen LogP contribution < -0.4 is 5.32 Å². The van der Waals surface area contributed by atoms with Gasteiger partial charge in [0.05, 0.1) is 5.60 Å². The van der Waals surface area contributed by atoms with Gasteiger partial charge in [-0.3, -0.25) is 0 Å². The Morgan fingerprint density at radius 2 is 2.00 bits per heavy atom. The molecule has 2 aromatic rings. The molecule has 2 unspecified atom stereocenters. The molecule has 0 radical (unpaired) electrons. The summed E-state index contributed by atoms with van der Waals surface area (Å²) in [6.45, 7) is 3.95. The van der Waals surface area contributed by atoms with Gasteiger partial charge in [-0.2, -0.15) is 0 Å². The maximum absolute atomic E-state index is 10.9. The first-order valence-electron chi connectivity index (χ1n) is 7.09. The SMILES string of the molecule is CC1CNCCC1(O)Cc1cccc2ccccc12. The molecule has 3 rings (SSSR count). The van der Waals surface area contributed by atoms with E-state index in [0.717, 1.165) is 25.9 Å². The minimum Gasteiger partial charge on any atom is -0.389 e. The fourth-order valence-corrected chi connectivity index (χ4v) is 3.10. The van der Waals surface area contributed by atoms with Gasteiger partial charge in [0.25, 0.3) is 0 Å². The average Bonchev–Trinajstić information content (AvgIpc) is 2.43. The van der Waals surface area contributed by atoms with Crippen LogP contribution in [0, 0.1) is 5.92 Å². The predicted octanol–water partition coefficient (Wildman–Crippen LogP) is 2.74. The molecule has 2 N–H and O–H groups in total. The molecule has 1 aliphatic heterocycles. The summed E-state index contributed by atoms with van der Waals surface area (Å²) >= 11 is 0. The Balaban J connectivity index is 1.97. The zero-order chi connectivity index (χ0) is 13.3. The van der Waals surface area contributed by atoms with Gasteiger partial charge in [0, 0.05) is 13.0 Å².